The number of rotatable bonds is 5. The van der Waals surface area contributed by atoms with Crippen molar-refractivity contribution in [3.05, 3.63) is 58.4 Å². The lowest BCUT2D eigenvalue weighted by molar-refractivity contribution is -0.120. The first-order valence-corrected chi connectivity index (χ1v) is 9.48. The van der Waals surface area contributed by atoms with E-state index in [9.17, 15) is 4.79 Å². The number of thiophene rings is 1. The van der Waals surface area contributed by atoms with Crippen LogP contribution in [0.25, 0.3) is 5.82 Å². The minimum absolute atomic E-state index is 0.0711. The largest absolute Gasteiger partial charge is 0.359 e. The van der Waals surface area contributed by atoms with Crippen LogP contribution in [-0.2, 0) is 16.6 Å². The summed E-state index contributed by atoms with van der Waals surface area (Å²) in [5.74, 6) is 2.00. The Kier molecular flexibility index (Phi) is 3.91. The second-order valence-corrected chi connectivity index (χ2v) is 8.19. The highest BCUT2D eigenvalue weighted by Crippen LogP contribution is 2.68. The van der Waals surface area contributed by atoms with Crippen LogP contribution in [0.15, 0.2) is 41.9 Å². The van der Waals surface area contributed by atoms with Crippen LogP contribution in [0.5, 0.6) is 0 Å². The molecule has 0 radical (unpaired) electrons. The summed E-state index contributed by atoms with van der Waals surface area (Å²) in [5, 5.41) is 9.37. The second-order valence-electron chi connectivity index (χ2n) is 7.24. The van der Waals surface area contributed by atoms with E-state index < -0.39 is 0 Å². The molecule has 1 fully saturated rings. The van der Waals surface area contributed by atoms with Crippen LogP contribution in [0.2, 0.25) is 0 Å². The lowest BCUT2D eigenvalue weighted by Gasteiger charge is -2.19. The molecule has 1 N–H and O–H groups in total. The number of carbonyl (C=O) groups is 1. The number of amides is 1. The summed E-state index contributed by atoms with van der Waals surface area (Å²) in [4.78, 5) is 22.4. The van der Waals surface area contributed by atoms with Crippen LogP contribution in [-0.4, -0.2) is 32.7 Å². The van der Waals surface area contributed by atoms with E-state index in [0.717, 1.165) is 18.1 Å². The van der Waals surface area contributed by atoms with Crippen LogP contribution < -0.4 is 5.32 Å². The fraction of sp³-hybridized carbons (Fsp3) is 0.368. The molecule has 1 atom stereocenters. The molecule has 0 spiro atoms. The fourth-order valence-electron chi connectivity index (χ4n) is 3.63. The third-order valence-electron chi connectivity index (χ3n) is 5.18. The zero-order chi connectivity index (χ0) is 18.4. The lowest BCUT2D eigenvalue weighted by Crippen LogP contribution is -2.21. The molecule has 3 aromatic heterocycles. The number of nitrogens with one attached hydrogen (secondary N) is 1. The molecule has 1 unspecified atom stereocenters. The van der Waals surface area contributed by atoms with Gasteiger partial charge in [0.05, 0.1) is 11.8 Å². The maximum Gasteiger partial charge on any atom is 0.227 e. The number of aromatic nitrogens is 4. The van der Waals surface area contributed by atoms with Crippen molar-refractivity contribution >= 4 is 17.2 Å². The monoisotopic (exact) mass is 367 g/mol. The van der Waals surface area contributed by atoms with Gasteiger partial charge < -0.3 is 5.32 Å². The van der Waals surface area contributed by atoms with Gasteiger partial charge in [0.2, 0.25) is 5.91 Å². The van der Waals surface area contributed by atoms with Crippen LogP contribution >= 0.6 is 11.3 Å². The highest BCUT2D eigenvalue weighted by atomic mass is 32.1. The van der Waals surface area contributed by atoms with Gasteiger partial charge in [-0.3, -0.25) is 4.79 Å². The van der Waals surface area contributed by atoms with Gasteiger partial charge in [-0.05, 0) is 35.4 Å². The molecule has 3 heterocycles. The molecule has 1 saturated carbocycles. The Morgan fingerprint density at radius 3 is 2.69 bits per heavy atom. The van der Waals surface area contributed by atoms with Crippen molar-refractivity contribution in [3.63, 3.8) is 0 Å². The predicted molar refractivity (Wildman–Crippen MR) is 100 cm³/mol. The Labute approximate surface area is 156 Å². The summed E-state index contributed by atoms with van der Waals surface area (Å²) in [6.07, 6.45) is 2.89. The molecule has 1 aliphatic carbocycles. The Morgan fingerprint density at radius 2 is 2.12 bits per heavy atom. The molecular formula is C19H21N5OS. The van der Waals surface area contributed by atoms with Crippen molar-refractivity contribution in [2.75, 3.05) is 7.05 Å². The molecule has 0 bridgehead atoms. The van der Waals surface area contributed by atoms with Crippen LogP contribution in [0.3, 0.4) is 0 Å². The van der Waals surface area contributed by atoms with Crippen LogP contribution in [0, 0.1) is 5.41 Å². The first-order chi connectivity index (χ1) is 12.5. The Morgan fingerprint density at radius 1 is 1.31 bits per heavy atom. The van der Waals surface area contributed by atoms with Crippen molar-refractivity contribution in [1.29, 1.82) is 0 Å². The number of pyridine rings is 1. The maximum absolute atomic E-state index is 11.8. The molecule has 134 valence electrons. The maximum atomic E-state index is 11.8. The third kappa shape index (κ3) is 2.54. The van der Waals surface area contributed by atoms with Gasteiger partial charge in [-0.25, -0.2) is 9.97 Å². The summed E-state index contributed by atoms with van der Waals surface area (Å²) in [6, 6.07) is 9.96. The van der Waals surface area contributed by atoms with E-state index in [1.807, 2.05) is 22.9 Å². The molecule has 1 aliphatic rings. The molecule has 0 saturated heterocycles. The second kappa shape index (κ2) is 6.02. The summed E-state index contributed by atoms with van der Waals surface area (Å²) in [6.45, 7) is 4.51. The minimum atomic E-state index is -0.202. The number of nitrogens with zero attached hydrogens (tertiary/aromatic N) is 4. The summed E-state index contributed by atoms with van der Waals surface area (Å²) in [5.41, 5.74) is -0.131. The van der Waals surface area contributed by atoms with E-state index in [1.165, 1.54) is 4.88 Å². The Balaban J connectivity index is 1.88. The van der Waals surface area contributed by atoms with Gasteiger partial charge in [-0.15, -0.1) is 16.4 Å². The topological polar surface area (TPSA) is 72.7 Å². The van der Waals surface area contributed by atoms with E-state index in [-0.39, 0.29) is 23.2 Å². The van der Waals surface area contributed by atoms with Crippen LogP contribution in [0.1, 0.15) is 36.8 Å². The number of likely N-dealkylation sites (N-methyl/N-ethyl adjacent to an activating group) is 1. The zero-order valence-corrected chi connectivity index (χ0v) is 15.9. The van der Waals surface area contributed by atoms with Gasteiger partial charge >= 0.3 is 0 Å². The highest BCUT2D eigenvalue weighted by Gasteiger charge is 2.66. The number of hydrogen-bond acceptors (Lipinski definition) is 5. The first-order valence-electron chi connectivity index (χ1n) is 8.60. The molecule has 3 aromatic rings. The quantitative estimate of drug-likeness (QED) is 0.753. The minimum Gasteiger partial charge on any atom is -0.359 e. The summed E-state index contributed by atoms with van der Waals surface area (Å²) >= 11 is 1.74. The molecule has 1 amide bonds. The van der Waals surface area contributed by atoms with Crippen LogP contribution in [0.4, 0.5) is 0 Å². The summed E-state index contributed by atoms with van der Waals surface area (Å²) in [7, 11) is 1.62. The normalized spacial score (nSPS) is 20.7. The molecule has 0 aliphatic heterocycles. The fourth-order valence-corrected chi connectivity index (χ4v) is 4.73. The van der Waals surface area contributed by atoms with Crippen molar-refractivity contribution in [3.8, 4) is 5.82 Å². The van der Waals surface area contributed by atoms with Crippen molar-refractivity contribution < 1.29 is 4.79 Å². The number of carbonyl (C=O) groups excluding carboxylic acids is 1. The number of hydrogen-bond donors (Lipinski definition) is 1. The average molecular weight is 367 g/mol. The molecule has 0 aromatic carbocycles. The van der Waals surface area contributed by atoms with Gasteiger partial charge in [-0.1, -0.05) is 26.0 Å². The predicted octanol–water partition coefficient (Wildman–Crippen LogP) is 2.73. The van der Waals surface area contributed by atoms with E-state index in [1.54, 1.807) is 24.6 Å². The molecule has 4 rings (SSSR count). The van der Waals surface area contributed by atoms with Gasteiger partial charge in [-0.2, -0.15) is 4.68 Å². The smallest absolute Gasteiger partial charge is 0.227 e. The van der Waals surface area contributed by atoms with E-state index in [0.29, 0.717) is 5.82 Å². The van der Waals surface area contributed by atoms with Gasteiger partial charge in [0.1, 0.15) is 5.82 Å². The highest BCUT2D eigenvalue weighted by molar-refractivity contribution is 7.10. The molecule has 6 nitrogen and oxygen atoms in total. The third-order valence-corrected chi connectivity index (χ3v) is 6.21. The lowest BCUT2D eigenvalue weighted by atomic mass is 9.93. The molecular weight excluding hydrogens is 346 g/mol. The average Bonchev–Trinajstić information content (AvgIpc) is 3.08. The standard InChI is InChI=1S/C19H21N5OS/c1-18(2)12-19(18,13-7-6-10-26-13)17-22-14(11-16(25)20-3)23-24(17)15-8-4-5-9-21-15/h4-10H,11-12H2,1-3H3,(H,20,25). The van der Waals surface area contributed by atoms with Gasteiger partial charge in [0, 0.05) is 18.1 Å². The zero-order valence-electron chi connectivity index (χ0n) is 15.1. The molecule has 26 heavy (non-hydrogen) atoms. The van der Waals surface area contributed by atoms with E-state index >= 15 is 0 Å². The van der Waals surface area contributed by atoms with Crippen molar-refractivity contribution in [2.45, 2.75) is 32.1 Å². The van der Waals surface area contributed by atoms with E-state index in [4.69, 9.17) is 4.98 Å². The SMILES string of the molecule is CNC(=O)Cc1nc(C2(c3cccs3)CC2(C)C)n(-c2ccccn2)n1. The Bertz CT molecular complexity index is 932. The molecule has 7 heteroatoms. The van der Waals surface area contributed by atoms with Crippen molar-refractivity contribution in [2.24, 2.45) is 5.41 Å². The first kappa shape index (κ1) is 16.9. The van der Waals surface area contributed by atoms with Gasteiger partial charge in [0.25, 0.3) is 0 Å². The van der Waals surface area contributed by atoms with Crippen molar-refractivity contribution in [1.82, 2.24) is 25.1 Å². The summed E-state index contributed by atoms with van der Waals surface area (Å²) < 4.78 is 1.81. The van der Waals surface area contributed by atoms with E-state index in [2.05, 4.69) is 46.8 Å². The Hall–Kier alpha value is -2.54. The van der Waals surface area contributed by atoms with Gasteiger partial charge in [0.15, 0.2) is 11.6 Å².